The van der Waals surface area contributed by atoms with E-state index in [2.05, 4.69) is 51.9 Å². The second-order valence-electron chi connectivity index (χ2n) is 4.57. The van der Waals surface area contributed by atoms with Crippen molar-refractivity contribution in [1.82, 2.24) is 9.97 Å². The number of nitrogens with one attached hydrogen (secondary N) is 1. The Balaban J connectivity index is 2.34. The van der Waals surface area contributed by atoms with Crippen molar-refractivity contribution in [2.45, 2.75) is 32.6 Å². The zero-order valence-corrected chi connectivity index (χ0v) is 11.8. The molecule has 0 aliphatic carbocycles. The van der Waals surface area contributed by atoms with E-state index >= 15 is 0 Å². The zero-order chi connectivity index (χ0) is 12.4. The molecule has 3 N–H and O–H groups in total. The van der Waals surface area contributed by atoms with Gasteiger partial charge in [-0.05, 0) is 44.0 Å². The van der Waals surface area contributed by atoms with Crippen molar-refractivity contribution < 1.29 is 0 Å². The average molecular weight is 296 g/mol. The molecule has 4 heteroatoms. The summed E-state index contributed by atoms with van der Waals surface area (Å²) in [5.74, 6) is 1.50. The quantitative estimate of drug-likeness (QED) is 0.907. The topological polar surface area (TPSA) is 54.7 Å². The fourth-order valence-electron chi connectivity index (χ4n) is 2.06. The predicted molar refractivity (Wildman–Crippen MR) is 75.2 cm³/mol. The third-order valence-corrected chi connectivity index (χ3v) is 3.53. The van der Waals surface area contributed by atoms with Crippen LogP contribution in [0.2, 0.25) is 0 Å². The summed E-state index contributed by atoms with van der Waals surface area (Å²) < 4.78 is 1.09. The van der Waals surface area contributed by atoms with Crippen LogP contribution in [-0.2, 0) is 0 Å². The van der Waals surface area contributed by atoms with E-state index in [1.165, 1.54) is 5.56 Å². The highest BCUT2D eigenvalue weighted by molar-refractivity contribution is 9.10. The number of benzene rings is 1. The van der Waals surface area contributed by atoms with E-state index in [0.717, 1.165) is 40.7 Å². The Hall–Kier alpha value is -0.870. The fourth-order valence-corrected chi connectivity index (χ4v) is 2.63. The van der Waals surface area contributed by atoms with Crippen LogP contribution in [0.25, 0.3) is 11.0 Å². The first-order valence-corrected chi connectivity index (χ1v) is 6.77. The number of H-pyrrole nitrogens is 1. The lowest BCUT2D eigenvalue weighted by Crippen LogP contribution is -2.02. The lowest BCUT2D eigenvalue weighted by molar-refractivity contribution is 0.616. The summed E-state index contributed by atoms with van der Waals surface area (Å²) >= 11 is 3.51. The number of halogens is 1. The Morgan fingerprint density at radius 3 is 2.94 bits per heavy atom. The molecule has 3 nitrogen and oxygen atoms in total. The van der Waals surface area contributed by atoms with Crippen molar-refractivity contribution in [2.24, 2.45) is 5.73 Å². The number of hydrogen-bond donors (Lipinski definition) is 2. The van der Waals surface area contributed by atoms with Crippen LogP contribution in [0.4, 0.5) is 0 Å². The van der Waals surface area contributed by atoms with Gasteiger partial charge in [-0.3, -0.25) is 0 Å². The van der Waals surface area contributed by atoms with Gasteiger partial charge in [0.15, 0.2) is 0 Å². The minimum absolute atomic E-state index is 0.434. The Kier molecular flexibility index (Phi) is 3.84. The van der Waals surface area contributed by atoms with Gasteiger partial charge in [0.25, 0.3) is 0 Å². The Morgan fingerprint density at radius 2 is 2.24 bits per heavy atom. The molecule has 0 amide bonds. The van der Waals surface area contributed by atoms with E-state index in [1.54, 1.807) is 0 Å². The molecule has 2 rings (SSSR count). The molecule has 0 fully saturated rings. The summed E-state index contributed by atoms with van der Waals surface area (Å²) in [4.78, 5) is 8.09. The molecule has 92 valence electrons. The van der Waals surface area contributed by atoms with Crippen LogP contribution < -0.4 is 5.73 Å². The average Bonchev–Trinajstić information content (AvgIpc) is 2.69. The molecule has 0 radical (unpaired) electrons. The van der Waals surface area contributed by atoms with Crippen LogP contribution in [-0.4, -0.2) is 16.5 Å². The highest BCUT2D eigenvalue weighted by atomic mass is 79.9. The minimum atomic E-state index is 0.434. The number of fused-ring (bicyclic) bond motifs is 1. The van der Waals surface area contributed by atoms with Crippen LogP contribution in [0, 0.1) is 6.92 Å². The molecule has 1 aromatic carbocycles. The monoisotopic (exact) mass is 295 g/mol. The molecular weight excluding hydrogens is 278 g/mol. The van der Waals surface area contributed by atoms with Crippen molar-refractivity contribution in [3.8, 4) is 0 Å². The van der Waals surface area contributed by atoms with E-state index in [-0.39, 0.29) is 0 Å². The van der Waals surface area contributed by atoms with Crippen LogP contribution in [0.3, 0.4) is 0 Å². The van der Waals surface area contributed by atoms with Gasteiger partial charge in [-0.15, -0.1) is 0 Å². The van der Waals surface area contributed by atoms with Crippen LogP contribution >= 0.6 is 15.9 Å². The first kappa shape index (κ1) is 12.6. The third kappa shape index (κ3) is 2.69. The van der Waals surface area contributed by atoms with Gasteiger partial charge >= 0.3 is 0 Å². The molecule has 1 heterocycles. The normalized spacial score (nSPS) is 13.2. The third-order valence-electron chi connectivity index (χ3n) is 3.07. The Bertz CT molecular complexity index is 519. The standard InChI is InChI=1S/C13H18BrN3/c1-8(4-3-5-15)13-16-11-7-10(14)6-9(2)12(11)17-13/h6-8H,3-5,15H2,1-2H3,(H,16,17). The molecular formula is C13H18BrN3. The Morgan fingerprint density at radius 1 is 1.47 bits per heavy atom. The smallest absolute Gasteiger partial charge is 0.110 e. The number of aromatic nitrogens is 2. The maximum atomic E-state index is 5.54. The number of nitrogens with two attached hydrogens (primary N) is 1. The molecule has 1 aromatic heterocycles. The summed E-state index contributed by atoms with van der Waals surface area (Å²) in [6, 6.07) is 4.17. The Labute approximate surface area is 110 Å². The van der Waals surface area contributed by atoms with Gasteiger partial charge < -0.3 is 10.7 Å². The van der Waals surface area contributed by atoms with Gasteiger partial charge in [0.05, 0.1) is 11.0 Å². The number of aryl methyl sites for hydroxylation is 1. The maximum absolute atomic E-state index is 5.54. The van der Waals surface area contributed by atoms with E-state index in [9.17, 15) is 0 Å². The molecule has 1 unspecified atom stereocenters. The number of aromatic amines is 1. The molecule has 0 aliphatic heterocycles. The molecule has 0 aliphatic rings. The van der Waals surface area contributed by atoms with E-state index in [1.807, 2.05) is 0 Å². The van der Waals surface area contributed by atoms with Crippen LogP contribution in [0.15, 0.2) is 16.6 Å². The summed E-state index contributed by atoms with van der Waals surface area (Å²) in [5.41, 5.74) is 8.91. The van der Waals surface area contributed by atoms with Crippen molar-refractivity contribution in [3.05, 3.63) is 28.0 Å². The second kappa shape index (κ2) is 5.19. The number of imidazole rings is 1. The zero-order valence-electron chi connectivity index (χ0n) is 10.3. The van der Waals surface area contributed by atoms with Crippen molar-refractivity contribution >= 4 is 27.0 Å². The molecule has 0 bridgehead atoms. The first-order chi connectivity index (χ1) is 8.11. The van der Waals surface area contributed by atoms with Crippen molar-refractivity contribution in [3.63, 3.8) is 0 Å². The van der Waals surface area contributed by atoms with E-state index < -0.39 is 0 Å². The number of rotatable bonds is 4. The van der Waals surface area contributed by atoms with Gasteiger partial charge in [0.2, 0.25) is 0 Å². The van der Waals surface area contributed by atoms with E-state index in [0.29, 0.717) is 5.92 Å². The van der Waals surface area contributed by atoms with Crippen LogP contribution in [0.1, 0.15) is 37.1 Å². The molecule has 0 spiro atoms. The van der Waals surface area contributed by atoms with Gasteiger partial charge in [-0.1, -0.05) is 22.9 Å². The largest absolute Gasteiger partial charge is 0.342 e. The first-order valence-electron chi connectivity index (χ1n) is 5.97. The van der Waals surface area contributed by atoms with Gasteiger partial charge in [-0.2, -0.15) is 0 Å². The molecule has 0 saturated heterocycles. The second-order valence-corrected chi connectivity index (χ2v) is 5.49. The minimum Gasteiger partial charge on any atom is -0.342 e. The van der Waals surface area contributed by atoms with Gasteiger partial charge in [-0.25, -0.2) is 4.98 Å². The van der Waals surface area contributed by atoms with E-state index in [4.69, 9.17) is 5.73 Å². The van der Waals surface area contributed by atoms with Gasteiger partial charge in [0, 0.05) is 10.4 Å². The molecule has 17 heavy (non-hydrogen) atoms. The lowest BCUT2D eigenvalue weighted by Gasteiger charge is -2.06. The molecule has 1 atom stereocenters. The summed E-state index contributed by atoms with van der Waals surface area (Å²) in [7, 11) is 0. The predicted octanol–water partition coefficient (Wildman–Crippen LogP) is 3.48. The highest BCUT2D eigenvalue weighted by Gasteiger charge is 2.12. The molecule has 0 saturated carbocycles. The number of nitrogens with zero attached hydrogens (tertiary/aromatic N) is 1. The summed E-state index contributed by atoms with van der Waals surface area (Å²) in [6.07, 6.45) is 2.12. The maximum Gasteiger partial charge on any atom is 0.110 e. The van der Waals surface area contributed by atoms with Gasteiger partial charge in [0.1, 0.15) is 5.82 Å². The highest BCUT2D eigenvalue weighted by Crippen LogP contribution is 2.25. The summed E-state index contributed by atoms with van der Waals surface area (Å²) in [5, 5.41) is 0. The van der Waals surface area contributed by atoms with Crippen molar-refractivity contribution in [1.29, 1.82) is 0 Å². The van der Waals surface area contributed by atoms with Crippen molar-refractivity contribution in [2.75, 3.05) is 6.54 Å². The SMILES string of the molecule is Cc1cc(Br)cc2[nH]c(C(C)CCCN)nc12. The molecule has 2 aromatic rings. The summed E-state index contributed by atoms with van der Waals surface area (Å²) in [6.45, 7) is 5.02. The number of hydrogen-bond acceptors (Lipinski definition) is 2. The van der Waals surface area contributed by atoms with Crippen LogP contribution in [0.5, 0.6) is 0 Å². The lowest BCUT2D eigenvalue weighted by atomic mass is 10.1. The fraction of sp³-hybridized carbons (Fsp3) is 0.462.